The van der Waals surface area contributed by atoms with E-state index in [9.17, 15) is 9.18 Å². The molecule has 2 heterocycles. The molecule has 0 saturated heterocycles. The SMILES string of the molecule is Cc1ccc(CCN[C@H](C(=O)Nc2ccc(-c3cnn(C)c3)cn2)c2ccccc2)c(F)c1. The molecule has 4 rings (SSSR count). The maximum absolute atomic E-state index is 14.2. The van der Waals surface area contributed by atoms with Gasteiger partial charge in [0, 0.05) is 37.1 Å². The molecule has 0 spiro atoms. The first-order valence-electron chi connectivity index (χ1n) is 10.8. The number of aryl methyl sites for hydroxylation is 2. The van der Waals surface area contributed by atoms with Crippen molar-refractivity contribution in [3.8, 4) is 11.1 Å². The first kappa shape index (κ1) is 22.4. The Hall–Kier alpha value is -3.84. The molecule has 7 heteroatoms. The second-order valence-corrected chi connectivity index (χ2v) is 7.97. The van der Waals surface area contributed by atoms with E-state index in [-0.39, 0.29) is 11.7 Å². The Morgan fingerprint density at radius 1 is 1.06 bits per heavy atom. The van der Waals surface area contributed by atoms with Gasteiger partial charge in [-0.1, -0.05) is 42.5 Å². The van der Waals surface area contributed by atoms with Crippen LogP contribution in [0.4, 0.5) is 10.2 Å². The number of amides is 1. The third-order valence-electron chi connectivity index (χ3n) is 5.40. The molecule has 1 atom stereocenters. The van der Waals surface area contributed by atoms with Crippen LogP contribution in [0.5, 0.6) is 0 Å². The highest BCUT2D eigenvalue weighted by molar-refractivity contribution is 5.94. The number of rotatable bonds is 8. The number of benzene rings is 2. The average Bonchev–Trinajstić information content (AvgIpc) is 3.25. The maximum Gasteiger partial charge on any atom is 0.247 e. The van der Waals surface area contributed by atoms with Crippen LogP contribution in [0.1, 0.15) is 22.7 Å². The van der Waals surface area contributed by atoms with Gasteiger partial charge in [-0.3, -0.25) is 9.48 Å². The molecule has 0 saturated carbocycles. The lowest BCUT2D eigenvalue weighted by Gasteiger charge is -2.19. The average molecular weight is 444 g/mol. The van der Waals surface area contributed by atoms with Crippen LogP contribution in [-0.4, -0.2) is 27.2 Å². The number of hydrogen-bond acceptors (Lipinski definition) is 4. The number of pyridine rings is 1. The van der Waals surface area contributed by atoms with E-state index >= 15 is 0 Å². The van der Waals surface area contributed by atoms with E-state index in [2.05, 4.69) is 20.7 Å². The Bertz CT molecular complexity index is 1220. The highest BCUT2D eigenvalue weighted by atomic mass is 19.1. The predicted molar refractivity (Wildman–Crippen MR) is 127 cm³/mol. The van der Waals surface area contributed by atoms with Crippen molar-refractivity contribution < 1.29 is 9.18 Å². The smallest absolute Gasteiger partial charge is 0.247 e. The van der Waals surface area contributed by atoms with Crippen molar-refractivity contribution in [1.29, 1.82) is 0 Å². The molecular formula is C26H26FN5O. The van der Waals surface area contributed by atoms with Crippen LogP contribution in [0.3, 0.4) is 0 Å². The van der Waals surface area contributed by atoms with Gasteiger partial charge in [0.1, 0.15) is 17.7 Å². The van der Waals surface area contributed by atoms with Gasteiger partial charge >= 0.3 is 0 Å². The number of anilines is 1. The summed E-state index contributed by atoms with van der Waals surface area (Å²) in [7, 11) is 1.86. The minimum atomic E-state index is -0.598. The van der Waals surface area contributed by atoms with E-state index in [4.69, 9.17) is 0 Å². The van der Waals surface area contributed by atoms with Gasteiger partial charge in [-0.25, -0.2) is 9.37 Å². The van der Waals surface area contributed by atoms with Gasteiger partial charge in [0.25, 0.3) is 0 Å². The Morgan fingerprint density at radius 2 is 1.88 bits per heavy atom. The molecule has 0 radical (unpaired) electrons. The standard InChI is InChI=1S/C26H26FN5O/c1-18-8-9-19(23(27)14-18)12-13-28-25(20-6-4-3-5-7-20)26(33)31-24-11-10-21(15-29-24)22-16-30-32(2)17-22/h3-11,14-17,25,28H,12-13H2,1-2H3,(H,29,31,33)/t25-/m0/s1. The molecule has 33 heavy (non-hydrogen) atoms. The Kier molecular flexibility index (Phi) is 6.90. The summed E-state index contributed by atoms with van der Waals surface area (Å²) >= 11 is 0. The summed E-state index contributed by atoms with van der Waals surface area (Å²) in [6.07, 6.45) is 5.85. The second kappa shape index (κ2) is 10.2. The monoisotopic (exact) mass is 443 g/mol. The van der Waals surface area contributed by atoms with Crippen molar-refractivity contribution in [2.24, 2.45) is 7.05 Å². The third kappa shape index (κ3) is 5.70. The van der Waals surface area contributed by atoms with Gasteiger partial charge in [0.15, 0.2) is 0 Å². The van der Waals surface area contributed by atoms with E-state index in [1.54, 1.807) is 29.2 Å². The Labute approximate surface area is 192 Å². The maximum atomic E-state index is 14.2. The lowest BCUT2D eigenvalue weighted by molar-refractivity contribution is -0.118. The summed E-state index contributed by atoms with van der Waals surface area (Å²) in [6.45, 7) is 2.30. The summed E-state index contributed by atoms with van der Waals surface area (Å²) < 4.78 is 15.9. The first-order valence-corrected chi connectivity index (χ1v) is 10.8. The largest absolute Gasteiger partial charge is 0.309 e. The zero-order valence-corrected chi connectivity index (χ0v) is 18.6. The molecule has 168 valence electrons. The fraction of sp³-hybridized carbons (Fsp3) is 0.192. The topological polar surface area (TPSA) is 71.8 Å². The van der Waals surface area contributed by atoms with Gasteiger partial charge in [-0.05, 0) is 48.2 Å². The van der Waals surface area contributed by atoms with Crippen molar-refractivity contribution in [2.45, 2.75) is 19.4 Å². The molecule has 4 aromatic rings. The highest BCUT2D eigenvalue weighted by Crippen LogP contribution is 2.20. The van der Waals surface area contributed by atoms with Gasteiger partial charge < -0.3 is 10.6 Å². The lowest BCUT2D eigenvalue weighted by atomic mass is 10.0. The van der Waals surface area contributed by atoms with Crippen LogP contribution in [-0.2, 0) is 18.3 Å². The summed E-state index contributed by atoms with van der Waals surface area (Å²) in [5.74, 6) is 0.00238. The molecular weight excluding hydrogens is 417 g/mol. The summed E-state index contributed by atoms with van der Waals surface area (Å²) in [4.78, 5) is 17.5. The van der Waals surface area contributed by atoms with Gasteiger partial charge in [-0.2, -0.15) is 5.10 Å². The second-order valence-electron chi connectivity index (χ2n) is 7.97. The summed E-state index contributed by atoms with van der Waals surface area (Å²) in [5, 5.41) is 10.3. The van der Waals surface area contributed by atoms with Crippen molar-refractivity contribution >= 4 is 11.7 Å². The van der Waals surface area contributed by atoms with Crippen molar-refractivity contribution in [2.75, 3.05) is 11.9 Å². The molecule has 0 aliphatic heterocycles. The molecule has 0 bridgehead atoms. The summed E-state index contributed by atoms with van der Waals surface area (Å²) in [6, 6.07) is 17.7. The molecule has 0 aliphatic carbocycles. The van der Waals surface area contributed by atoms with Crippen LogP contribution in [0, 0.1) is 12.7 Å². The van der Waals surface area contributed by atoms with Gasteiger partial charge in [-0.15, -0.1) is 0 Å². The molecule has 2 aromatic carbocycles. The Morgan fingerprint density at radius 3 is 2.55 bits per heavy atom. The zero-order valence-electron chi connectivity index (χ0n) is 18.6. The number of aromatic nitrogens is 3. The molecule has 0 unspecified atom stereocenters. The van der Waals surface area contributed by atoms with Crippen LogP contribution in [0.15, 0.2) is 79.3 Å². The molecule has 6 nitrogen and oxygen atoms in total. The number of nitrogens with one attached hydrogen (secondary N) is 2. The molecule has 1 amide bonds. The fourth-order valence-electron chi connectivity index (χ4n) is 3.62. The third-order valence-corrected chi connectivity index (χ3v) is 5.40. The highest BCUT2D eigenvalue weighted by Gasteiger charge is 2.20. The molecule has 2 aromatic heterocycles. The van der Waals surface area contributed by atoms with E-state index in [1.807, 2.05) is 62.6 Å². The van der Waals surface area contributed by atoms with Crippen LogP contribution >= 0.6 is 0 Å². The molecule has 2 N–H and O–H groups in total. The fourth-order valence-corrected chi connectivity index (χ4v) is 3.62. The first-order chi connectivity index (χ1) is 16.0. The number of nitrogens with zero attached hydrogens (tertiary/aromatic N) is 3. The number of halogens is 1. The van der Waals surface area contributed by atoms with Crippen LogP contribution < -0.4 is 10.6 Å². The lowest BCUT2D eigenvalue weighted by Crippen LogP contribution is -2.34. The normalized spacial score (nSPS) is 11.8. The van der Waals surface area contributed by atoms with Gasteiger partial charge in [0.2, 0.25) is 5.91 Å². The zero-order chi connectivity index (χ0) is 23.2. The number of hydrogen-bond donors (Lipinski definition) is 2. The van der Waals surface area contributed by atoms with Gasteiger partial charge in [0.05, 0.1) is 6.20 Å². The van der Waals surface area contributed by atoms with E-state index in [1.165, 1.54) is 6.07 Å². The summed E-state index contributed by atoms with van der Waals surface area (Å²) in [5.41, 5.74) is 4.20. The van der Waals surface area contributed by atoms with E-state index in [0.29, 0.717) is 24.3 Å². The number of carbonyl (C=O) groups is 1. The number of carbonyl (C=O) groups excluding carboxylic acids is 1. The molecule has 0 fully saturated rings. The van der Waals surface area contributed by atoms with E-state index < -0.39 is 6.04 Å². The predicted octanol–water partition coefficient (Wildman–Crippen LogP) is 4.44. The quantitative estimate of drug-likeness (QED) is 0.422. The van der Waals surface area contributed by atoms with E-state index in [0.717, 1.165) is 22.3 Å². The van der Waals surface area contributed by atoms with Crippen LogP contribution in [0.2, 0.25) is 0 Å². The minimum absolute atomic E-state index is 0.226. The van der Waals surface area contributed by atoms with Crippen LogP contribution in [0.25, 0.3) is 11.1 Å². The van der Waals surface area contributed by atoms with Crippen molar-refractivity contribution in [1.82, 2.24) is 20.1 Å². The minimum Gasteiger partial charge on any atom is -0.309 e. The molecule has 0 aliphatic rings. The Balaban J connectivity index is 1.44. The van der Waals surface area contributed by atoms with Crippen molar-refractivity contribution in [3.63, 3.8) is 0 Å². The van der Waals surface area contributed by atoms with Crippen molar-refractivity contribution in [3.05, 3.63) is 102 Å².